The lowest BCUT2D eigenvalue weighted by molar-refractivity contribution is -0.123. The van der Waals surface area contributed by atoms with Crippen LogP contribution in [0.3, 0.4) is 0 Å². The minimum Gasteiger partial charge on any atom is -0.486 e. The highest BCUT2D eigenvalue weighted by atomic mass is 32.2. The third-order valence-electron chi connectivity index (χ3n) is 4.22. The number of benzene rings is 2. The number of nitrogens with one attached hydrogen (secondary N) is 3. The number of rotatable bonds is 7. The summed E-state index contributed by atoms with van der Waals surface area (Å²) in [6.45, 7) is 3.37. The van der Waals surface area contributed by atoms with Gasteiger partial charge in [0.25, 0.3) is 15.9 Å². The number of imide groups is 1. The molecule has 0 saturated heterocycles. The molecule has 33 heavy (non-hydrogen) atoms. The van der Waals surface area contributed by atoms with Gasteiger partial charge >= 0.3 is 12.0 Å². The number of hydrogen-bond acceptors (Lipinski definition) is 8. The topological polar surface area (TPSA) is 149 Å². The van der Waals surface area contributed by atoms with Crippen molar-refractivity contribution in [1.29, 1.82) is 0 Å². The number of ether oxygens (including phenoxy) is 3. The molecule has 0 radical (unpaired) electrons. The number of carbonyl (C=O) groups excluding carboxylic acids is 3. The Morgan fingerprint density at radius 1 is 1.03 bits per heavy atom. The average molecular weight is 477 g/mol. The number of para-hydroxylation sites is 1. The van der Waals surface area contributed by atoms with Crippen LogP contribution in [0.25, 0.3) is 0 Å². The summed E-state index contributed by atoms with van der Waals surface area (Å²) in [5.41, 5.74) is -0.159. The molecule has 0 aromatic heterocycles. The molecule has 0 bridgehead atoms. The molecule has 1 aliphatic rings. The van der Waals surface area contributed by atoms with Crippen molar-refractivity contribution in [2.45, 2.75) is 24.8 Å². The zero-order valence-corrected chi connectivity index (χ0v) is 18.7. The second kappa shape index (κ2) is 10.2. The van der Waals surface area contributed by atoms with Crippen molar-refractivity contribution in [3.8, 4) is 11.5 Å². The molecule has 0 fully saturated rings. The van der Waals surface area contributed by atoms with E-state index in [4.69, 9.17) is 14.2 Å². The van der Waals surface area contributed by atoms with Gasteiger partial charge in [0.15, 0.2) is 18.1 Å². The first kappa shape index (κ1) is 23.9. The minimum absolute atomic E-state index is 0.0460. The van der Waals surface area contributed by atoms with Gasteiger partial charge in [-0.15, -0.1) is 0 Å². The van der Waals surface area contributed by atoms with Crippen LogP contribution in [-0.4, -0.2) is 52.2 Å². The molecule has 1 heterocycles. The SMILES string of the molecule is CC(C)NC(=O)NC(=O)COC(=O)c1ccccc1NS(=O)(=O)c1ccc2c(c1)OCCO2. The molecule has 0 saturated carbocycles. The van der Waals surface area contributed by atoms with E-state index in [1.165, 1.54) is 42.5 Å². The Morgan fingerprint density at radius 3 is 2.45 bits per heavy atom. The summed E-state index contributed by atoms with van der Waals surface area (Å²) >= 11 is 0. The third-order valence-corrected chi connectivity index (χ3v) is 5.59. The molecule has 1 aliphatic heterocycles. The Balaban J connectivity index is 1.69. The zero-order chi connectivity index (χ0) is 24.0. The maximum Gasteiger partial charge on any atom is 0.340 e. The van der Waals surface area contributed by atoms with E-state index in [0.29, 0.717) is 24.7 Å². The van der Waals surface area contributed by atoms with E-state index in [-0.39, 0.29) is 22.2 Å². The van der Waals surface area contributed by atoms with Gasteiger partial charge in [-0.05, 0) is 38.1 Å². The summed E-state index contributed by atoms with van der Waals surface area (Å²) in [5, 5.41) is 4.48. The number of carbonyl (C=O) groups is 3. The van der Waals surface area contributed by atoms with Gasteiger partial charge in [0.2, 0.25) is 0 Å². The highest BCUT2D eigenvalue weighted by molar-refractivity contribution is 7.92. The molecule has 2 aromatic rings. The quantitative estimate of drug-likeness (QED) is 0.510. The van der Waals surface area contributed by atoms with Crippen molar-refractivity contribution in [3.63, 3.8) is 0 Å². The number of fused-ring (bicyclic) bond motifs is 1. The van der Waals surface area contributed by atoms with Gasteiger partial charge in [0, 0.05) is 12.1 Å². The molecule has 176 valence electrons. The van der Waals surface area contributed by atoms with Crippen molar-refractivity contribution < 1.29 is 37.0 Å². The Bertz CT molecular complexity index is 1160. The summed E-state index contributed by atoms with van der Waals surface area (Å²) < 4.78 is 43.8. The van der Waals surface area contributed by atoms with Crippen LogP contribution in [-0.2, 0) is 19.6 Å². The lowest BCUT2D eigenvalue weighted by atomic mass is 10.2. The van der Waals surface area contributed by atoms with Crippen LogP contribution in [0.5, 0.6) is 11.5 Å². The van der Waals surface area contributed by atoms with E-state index < -0.39 is 34.5 Å². The van der Waals surface area contributed by atoms with Crippen molar-refractivity contribution in [3.05, 3.63) is 48.0 Å². The zero-order valence-electron chi connectivity index (χ0n) is 17.9. The highest BCUT2D eigenvalue weighted by Gasteiger charge is 2.23. The summed E-state index contributed by atoms with van der Waals surface area (Å²) in [6.07, 6.45) is 0. The van der Waals surface area contributed by atoms with Crippen LogP contribution in [0.2, 0.25) is 0 Å². The Kier molecular flexibility index (Phi) is 7.38. The van der Waals surface area contributed by atoms with E-state index in [9.17, 15) is 22.8 Å². The first-order chi connectivity index (χ1) is 15.7. The van der Waals surface area contributed by atoms with Gasteiger partial charge in [-0.1, -0.05) is 12.1 Å². The smallest absolute Gasteiger partial charge is 0.340 e. The van der Waals surface area contributed by atoms with Gasteiger partial charge in [-0.2, -0.15) is 0 Å². The fourth-order valence-corrected chi connectivity index (χ4v) is 3.91. The fraction of sp³-hybridized carbons (Fsp3) is 0.286. The number of esters is 1. The van der Waals surface area contributed by atoms with E-state index in [2.05, 4.69) is 10.0 Å². The number of amides is 3. The van der Waals surface area contributed by atoms with Crippen LogP contribution in [0.4, 0.5) is 10.5 Å². The first-order valence-electron chi connectivity index (χ1n) is 9.94. The van der Waals surface area contributed by atoms with Crippen LogP contribution in [0, 0.1) is 0 Å². The highest BCUT2D eigenvalue weighted by Crippen LogP contribution is 2.33. The molecule has 12 heteroatoms. The van der Waals surface area contributed by atoms with Gasteiger partial charge in [-0.3, -0.25) is 14.8 Å². The second-order valence-electron chi connectivity index (χ2n) is 7.21. The molecule has 0 atom stereocenters. The largest absolute Gasteiger partial charge is 0.486 e. The van der Waals surface area contributed by atoms with E-state index in [1.54, 1.807) is 13.8 Å². The summed E-state index contributed by atoms with van der Waals surface area (Å²) in [6, 6.07) is 9.00. The minimum atomic E-state index is -4.09. The number of sulfonamides is 1. The van der Waals surface area contributed by atoms with Gasteiger partial charge in [-0.25, -0.2) is 18.0 Å². The normalized spacial score (nSPS) is 12.6. The molecule has 0 spiro atoms. The average Bonchev–Trinajstić information content (AvgIpc) is 2.76. The standard InChI is InChI=1S/C21H23N3O8S/c1-13(2)22-21(27)23-19(25)12-32-20(26)15-5-3-4-6-16(15)24-33(28,29)14-7-8-17-18(11-14)31-10-9-30-17/h3-8,11,13,24H,9-10,12H2,1-2H3,(H2,22,23,25,27). The lowest BCUT2D eigenvalue weighted by Gasteiger charge is -2.19. The summed E-state index contributed by atoms with van der Waals surface area (Å²) in [7, 11) is -4.09. The molecule has 0 unspecified atom stereocenters. The number of anilines is 1. The monoisotopic (exact) mass is 477 g/mol. The van der Waals surface area contributed by atoms with E-state index in [0.717, 1.165) is 0 Å². The maximum absolute atomic E-state index is 12.9. The lowest BCUT2D eigenvalue weighted by Crippen LogP contribution is -2.44. The molecular formula is C21H23N3O8S. The van der Waals surface area contributed by atoms with Crippen LogP contribution < -0.4 is 24.8 Å². The third kappa shape index (κ3) is 6.35. The summed E-state index contributed by atoms with van der Waals surface area (Å²) in [4.78, 5) is 35.7. The maximum atomic E-state index is 12.9. The molecular weight excluding hydrogens is 454 g/mol. The van der Waals surface area contributed by atoms with E-state index >= 15 is 0 Å². The van der Waals surface area contributed by atoms with Crippen LogP contribution in [0.15, 0.2) is 47.4 Å². The number of urea groups is 1. The second-order valence-corrected chi connectivity index (χ2v) is 8.89. The molecule has 11 nitrogen and oxygen atoms in total. The van der Waals surface area contributed by atoms with Crippen molar-refractivity contribution in [2.75, 3.05) is 24.5 Å². The number of hydrogen-bond donors (Lipinski definition) is 3. The Hall–Kier alpha value is -3.80. The molecule has 2 aromatic carbocycles. The van der Waals surface area contributed by atoms with Gasteiger partial charge < -0.3 is 19.5 Å². The van der Waals surface area contributed by atoms with Crippen molar-refractivity contribution in [2.24, 2.45) is 0 Å². The molecule has 0 aliphatic carbocycles. The predicted octanol–water partition coefficient (Wildman–Crippen LogP) is 1.65. The fourth-order valence-electron chi connectivity index (χ4n) is 2.81. The first-order valence-corrected chi connectivity index (χ1v) is 11.4. The Morgan fingerprint density at radius 2 is 1.73 bits per heavy atom. The van der Waals surface area contributed by atoms with E-state index in [1.807, 2.05) is 5.32 Å². The molecule has 3 amide bonds. The van der Waals surface area contributed by atoms with Crippen molar-refractivity contribution in [1.82, 2.24) is 10.6 Å². The summed E-state index contributed by atoms with van der Waals surface area (Å²) in [5.74, 6) is -1.06. The van der Waals surface area contributed by atoms with Crippen LogP contribution >= 0.6 is 0 Å². The molecule has 3 rings (SSSR count). The predicted molar refractivity (Wildman–Crippen MR) is 117 cm³/mol. The van der Waals surface area contributed by atoms with Crippen molar-refractivity contribution >= 4 is 33.6 Å². The van der Waals surface area contributed by atoms with Gasteiger partial charge in [0.05, 0.1) is 16.1 Å². The Labute approximate surface area is 190 Å². The van der Waals surface area contributed by atoms with Gasteiger partial charge in [0.1, 0.15) is 13.2 Å². The molecule has 3 N–H and O–H groups in total. The van der Waals surface area contributed by atoms with Crippen LogP contribution in [0.1, 0.15) is 24.2 Å².